The van der Waals surface area contributed by atoms with Gasteiger partial charge in [0, 0.05) is 5.69 Å². The van der Waals surface area contributed by atoms with Gasteiger partial charge in [-0.1, -0.05) is 32.0 Å². The molecule has 2 rings (SSSR count). The fourth-order valence-corrected chi connectivity index (χ4v) is 2.46. The van der Waals surface area contributed by atoms with Crippen LogP contribution in [0.25, 0.3) is 0 Å². The van der Waals surface area contributed by atoms with Crippen LogP contribution in [0.15, 0.2) is 42.5 Å². The van der Waals surface area contributed by atoms with E-state index in [1.807, 2.05) is 24.3 Å². The van der Waals surface area contributed by atoms with Gasteiger partial charge in [0.15, 0.2) is 6.61 Å². The summed E-state index contributed by atoms with van der Waals surface area (Å²) in [6, 6.07) is 11.7. The highest BCUT2D eigenvalue weighted by molar-refractivity contribution is 5.97. The minimum atomic E-state index is -0.799. The van der Waals surface area contributed by atoms with E-state index in [2.05, 4.69) is 19.2 Å². The Morgan fingerprint density at radius 2 is 1.92 bits per heavy atom. The Labute approximate surface area is 152 Å². The van der Waals surface area contributed by atoms with Gasteiger partial charge in [-0.2, -0.15) is 0 Å². The Balaban J connectivity index is 2.00. The number of hydrogen-bond donors (Lipinski definition) is 2. The summed E-state index contributed by atoms with van der Waals surface area (Å²) in [6.07, 6.45) is 0.941. The topological polar surface area (TPSA) is 84.9 Å². The summed E-state index contributed by atoms with van der Waals surface area (Å²) in [4.78, 5) is 24.2. The molecule has 0 unspecified atom stereocenters. The molecule has 26 heavy (non-hydrogen) atoms. The second kappa shape index (κ2) is 8.89. The number of carbonyl (C=O) groups excluding carboxylic acids is 2. The van der Waals surface area contributed by atoms with Crippen molar-refractivity contribution in [3.8, 4) is 11.5 Å². The third-order valence-corrected chi connectivity index (χ3v) is 4.14. The SMILES string of the molecule is CC[C@@H](C)c1ccccc1NC(=O)COC(=O)c1cc(OC)ccc1O. The van der Waals surface area contributed by atoms with Crippen LogP contribution >= 0.6 is 0 Å². The van der Waals surface area contributed by atoms with Crippen molar-refractivity contribution in [2.24, 2.45) is 0 Å². The molecule has 0 aliphatic carbocycles. The summed E-state index contributed by atoms with van der Waals surface area (Å²) >= 11 is 0. The predicted molar refractivity (Wildman–Crippen MR) is 98.7 cm³/mol. The number of ether oxygens (including phenoxy) is 2. The molecule has 0 radical (unpaired) electrons. The second-order valence-electron chi connectivity index (χ2n) is 5.90. The van der Waals surface area contributed by atoms with Crippen molar-refractivity contribution >= 4 is 17.6 Å². The van der Waals surface area contributed by atoms with Gasteiger partial charge in [-0.05, 0) is 42.2 Å². The lowest BCUT2D eigenvalue weighted by molar-refractivity contribution is -0.119. The quantitative estimate of drug-likeness (QED) is 0.738. The molecule has 2 N–H and O–H groups in total. The summed E-state index contributed by atoms with van der Waals surface area (Å²) in [6.45, 7) is 3.70. The minimum Gasteiger partial charge on any atom is -0.507 e. The first-order chi connectivity index (χ1) is 12.5. The smallest absolute Gasteiger partial charge is 0.342 e. The van der Waals surface area contributed by atoms with Gasteiger partial charge >= 0.3 is 5.97 Å². The maximum Gasteiger partial charge on any atom is 0.342 e. The lowest BCUT2D eigenvalue weighted by Gasteiger charge is -2.15. The van der Waals surface area contributed by atoms with Crippen molar-refractivity contribution in [2.45, 2.75) is 26.2 Å². The fourth-order valence-electron chi connectivity index (χ4n) is 2.46. The highest BCUT2D eigenvalue weighted by Crippen LogP contribution is 2.26. The molecule has 0 saturated heterocycles. The Kier molecular flexibility index (Phi) is 6.60. The van der Waals surface area contributed by atoms with Crippen LogP contribution in [0.5, 0.6) is 11.5 Å². The Bertz CT molecular complexity index is 788. The highest BCUT2D eigenvalue weighted by atomic mass is 16.5. The standard InChI is InChI=1S/C20H23NO5/c1-4-13(2)15-7-5-6-8-17(15)21-19(23)12-26-20(24)16-11-14(25-3)9-10-18(16)22/h5-11,13,22H,4,12H2,1-3H3,(H,21,23)/t13-/m1/s1. The number of anilines is 1. The number of amides is 1. The van der Waals surface area contributed by atoms with E-state index < -0.39 is 18.5 Å². The van der Waals surface area contributed by atoms with Crippen molar-refractivity contribution in [3.05, 3.63) is 53.6 Å². The first kappa shape index (κ1) is 19.3. The largest absolute Gasteiger partial charge is 0.507 e. The van der Waals surface area contributed by atoms with Gasteiger partial charge in [0.25, 0.3) is 5.91 Å². The Morgan fingerprint density at radius 1 is 1.19 bits per heavy atom. The number of nitrogens with one attached hydrogen (secondary N) is 1. The molecule has 6 nitrogen and oxygen atoms in total. The van der Waals surface area contributed by atoms with E-state index in [9.17, 15) is 14.7 Å². The van der Waals surface area contributed by atoms with Gasteiger partial charge in [0.2, 0.25) is 0 Å². The predicted octanol–water partition coefficient (Wildman–Crippen LogP) is 3.71. The third kappa shape index (κ3) is 4.75. The maximum atomic E-state index is 12.1. The second-order valence-corrected chi connectivity index (χ2v) is 5.90. The zero-order valence-corrected chi connectivity index (χ0v) is 15.1. The maximum absolute atomic E-state index is 12.1. The van der Waals surface area contributed by atoms with Gasteiger partial charge in [-0.15, -0.1) is 0 Å². The number of phenols is 1. The van der Waals surface area contributed by atoms with Crippen LogP contribution in [0, 0.1) is 0 Å². The number of para-hydroxylation sites is 1. The molecule has 1 amide bonds. The molecular formula is C20H23NO5. The lowest BCUT2D eigenvalue weighted by Crippen LogP contribution is -2.21. The van der Waals surface area contributed by atoms with Crippen LogP contribution in [-0.4, -0.2) is 30.7 Å². The Hall–Kier alpha value is -3.02. The minimum absolute atomic E-state index is 0.0582. The van der Waals surface area contributed by atoms with E-state index in [4.69, 9.17) is 9.47 Å². The first-order valence-corrected chi connectivity index (χ1v) is 8.39. The van der Waals surface area contributed by atoms with Gasteiger partial charge in [-0.25, -0.2) is 4.79 Å². The number of aromatic hydroxyl groups is 1. The number of rotatable bonds is 7. The van der Waals surface area contributed by atoms with Gasteiger partial charge in [0.1, 0.15) is 17.1 Å². The van der Waals surface area contributed by atoms with Gasteiger partial charge in [0.05, 0.1) is 7.11 Å². The average molecular weight is 357 g/mol. The first-order valence-electron chi connectivity index (χ1n) is 8.39. The van der Waals surface area contributed by atoms with Crippen molar-refractivity contribution < 1.29 is 24.2 Å². The fraction of sp³-hybridized carbons (Fsp3) is 0.300. The molecule has 0 bridgehead atoms. The third-order valence-electron chi connectivity index (χ3n) is 4.14. The molecule has 1 atom stereocenters. The molecular weight excluding hydrogens is 334 g/mol. The summed E-state index contributed by atoms with van der Waals surface area (Å²) in [5.74, 6) is -0.786. The number of esters is 1. The van der Waals surface area contributed by atoms with E-state index in [0.29, 0.717) is 17.4 Å². The summed E-state index contributed by atoms with van der Waals surface area (Å²) < 4.78 is 10.0. The van der Waals surface area contributed by atoms with Crippen LogP contribution in [-0.2, 0) is 9.53 Å². The Morgan fingerprint density at radius 3 is 2.62 bits per heavy atom. The van der Waals surface area contributed by atoms with Crippen LogP contribution in [0.4, 0.5) is 5.69 Å². The van der Waals surface area contributed by atoms with Gasteiger partial charge < -0.3 is 19.9 Å². The molecule has 2 aromatic rings. The molecule has 0 aliphatic rings. The average Bonchev–Trinajstić information content (AvgIpc) is 2.66. The van der Waals surface area contributed by atoms with E-state index >= 15 is 0 Å². The van der Waals surface area contributed by atoms with E-state index in [-0.39, 0.29) is 11.3 Å². The number of carbonyl (C=O) groups is 2. The number of phenolic OH excluding ortho intramolecular Hbond substituents is 1. The van der Waals surface area contributed by atoms with Crippen molar-refractivity contribution in [1.29, 1.82) is 0 Å². The van der Waals surface area contributed by atoms with Crippen LogP contribution in [0.1, 0.15) is 42.1 Å². The van der Waals surface area contributed by atoms with Crippen molar-refractivity contribution in [2.75, 3.05) is 19.0 Å². The molecule has 0 fully saturated rings. The van der Waals surface area contributed by atoms with Crippen LogP contribution in [0.2, 0.25) is 0 Å². The number of benzene rings is 2. The van der Waals surface area contributed by atoms with Gasteiger partial charge in [-0.3, -0.25) is 4.79 Å². The summed E-state index contributed by atoms with van der Waals surface area (Å²) in [7, 11) is 1.45. The van der Waals surface area contributed by atoms with Crippen molar-refractivity contribution in [3.63, 3.8) is 0 Å². The summed E-state index contributed by atoms with van der Waals surface area (Å²) in [5.41, 5.74) is 1.67. The number of hydrogen-bond acceptors (Lipinski definition) is 5. The number of methoxy groups -OCH3 is 1. The monoisotopic (exact) mass is 357 g/mol. The van der Waals surface area contributed by atoms with Crippen LogP contribution in [0.3, 0.4) is 0 Å². The van der Waals surface area contributed by atoms with E-state index in [0.717, 1.165) is 12.0 Å². The molecule has 138 valence electrons. The molecule has 2 aromatic carbocycles. The summed E-state index contributed by atoms with van der Waals surface area (Å²) in [5, 5.41) is 12.5. The molecule has 0 heterocycles. The van der Waals surface area contributed by atoms with E-state index in [1.54, 1.807) is 0 Å². The molecule has 0 aromatic heterocycles. The lowest BCUT2D eigenvalue weighted by atomic mass is 9.97. The molecule has 0 spiro atoms. The molecule has 6 heteroatoms. The molecule has 0 saturated carbocycles. The van der Waals surface area contributed by atoms with E-state index in [1.165, 1.54) is 25.3 Å². The van der Waals surface area contributed by atoms with Crippen LogP contribution < -0.4 is 10.1 Å². The highest BCUT2D eigenvalue weighted by Gasteiger charge is 2.17. The molecule has 0 aliphatic heterocycles. The normalized spacial score (nSPS) is 11.5. The zero-order valence-electron chi connectivity index (χ0n) is 15.1. The zero-order chi connectivity index (χ0) is 19.1. The van der Waals surface area contributed by atoms with Crippen molar-refractivity contribution in [1.82, 2.24) is 0 Å².